The van der Waals surface area contributed by atoms with Gasteiger partial charge in [-0.1, -0.05) is 13.0 Å². The van der Waals surface area contributed by atoms with Crippen LogP contribution in [-0.2, 0) is 0 Å². The smallest absolute Gasteiger partial charge is 0.286 e. The molecule has 70 valence electrons. The topological polar surface area (TPSA) is 24.4 Å². The van der Waals surface area contributed by atoms with Crippen LogP contribution in [0.2, 0.25) is 0 Å². The SMILES string of the molecule is CC/C=C/N/N=C(\C)C(F)(F)F. The van der Waals surface area contributed by atoms with Crippen LogP contribution in [0.3, 0.4) is 0 Å². The first kappa shape index (κ1) is 11.0. The van der Waals surface area contributed by atoms with E-state index in [2.05, 4.69) is 10.5 Å². The molecule has 0 rings (SSSR count). The first-order valence-corrected chi connectivity index (χ1v) is 3.50. The van der Waals surface area contributed by atoms with Crippen molar-refractivity contribution in [1.82, 2.24) is 5.43 Å². The van der Waals surface area contributed by atoms with Crippen LogP contribution >= 0.6 is 0 Å². The summed E-state index contributed by atoms with van der Waals surface area (Å²) in [7, 11) is 0. The van der Waals surface area contributed by atoms with Gasteiger partial charge in [-0.2, -0.15) is 18.3 Å². The molecule has 0 radical (unpaired) electrons. The maximum atomic E-state index is 11.8. The van der Waals surface area contributed by atoms with Crippen LogP contribution < -0.4 is 5.43 Å². The van der Waals surface area contributed by atoms with Gasteiger partial charge in [-0.3, -0.25) is 5.43 Å². The fraction of sp³-hybridized carbons (Fsp3) is 0.571. The minimum Gasteiger partial charge on any atom is -0.286 e. The van der Waals surface area contributed by atoms with Crippen LogP contribution in [0.5, 0.6) is 0 Å². The number of rotatable bonds is 3. The van der Waals surface area contributed by atoms with Crippen LogP contribution in [-0.4, -0.2) is 11.9 Å². The molecule has 0 aromatic rings. The van der Waals surface area contributed by atoms with Crippen molar-refractivity contribution in [3.05, 3.63) is 12.3 Å². The van der Waals surface area contributed by atoms with Crippen LogP contribution in [0.15, 0.2) is 17.4 Å². The predicted molar refractivity (Wildman–Crippen MR) is 41.7 cm³/mol. The van der Waals surface area contributed by atoms with E-state index >= 15 is 0 Å². The molecule has 0 bridgehead atoms. The predicted octanol–water partition coefficient (Wildman–Crippen LogP) is 2.44. The normalized spacial score (nSPS) is 13.9. The highest BCUT2D eigenvalue weighted by atomic mass is 19.4. The Balaban J connectivity index is 3.94. The largest absolute Gasteiger partial charge is 0.430 e. The zero-order valence-electron chi connectivity index (χ0n) is 6.94. The molecule has 0 aromatic carbocycles. The minimum absolute atomic E-state index is 0.758. The van der Waals surface area contributed by atoms with Crippen molar-refractivity contribution in [2.45, 2.75) is 26.4 Å². The summed E-state index contributed by atoms with van der Waals surface area (Å²) in [6.45, 7) is 2.78. The summed E-state index contributed by atoms with van der Waals surface area (Å²) in [4.78, 5) is 0. The van der Waals surface area contributed by atoms with E-state index in [0.29, 0.717) is 0 Å². The van der Waals surface area contributed by atoms with Crippen molar-refractivity contribution in [2.75, 3.05) is 0 Å². The fourth-order valence-corrected chi connectivity index (χ4v) is 0.368. The average Bonchev–Trinajstić information content (AvgIpc) is 1.96. The first-order chi connectivity index (χ1) is 5.48. The molecule has 5 heteroatoms. The molecule has 0 saturated heterocycles. The van der Waals surface area contributed by atoms with Crippen LogP contribution in [0, 0.1) is 0 Å². The molecule has 0 fully saturated rings. The van der Waals surface area contributed by atoms with Crippen molar-refractivity contribution < 1.29 is 13.2 Å². The summed E-state index contributed by atoms with van der Waals surface area (Å²) in [6, 6.07) is 0. The molecule has 12 heavy (non-hydrogen) atoms. The van der Waals surface area contributed by atoms with Crippen LogP contribution in [0.4, 0.5) is 13.2 Å². The summed E-state index contributed by atoms with van der Waals surface area (Å²) in [6.07, 6.45) is -0.539. The molecule has 1 N–H and O–H groups in total. The molecule has 0 atom stereocenters. The molecule has 0 aliphatic carbocycles. The zero-order valence-corrected chi connectivity index (χ0v) is 6.94. The Morgan fingerprint density at radius 2 is 2.08 bits per heavy atom. The van der Waals surface area contributed by atoms with Gasteiger partial charge in [-0.25, -0.2) is 0 Å². The molecule has 0 heterocycles. The Morgan fingerprint density at radius 3 is 2.50 bits per heavy atom. The van der Waals surface area contributed by atoms with Gasteiger partial charge in [0, 0.05) is 6.20 Å². The number of alkyl halides is 3. The molecule has 0 amide bonds. The Morgan fingerprint density at radius 1 is 1.50 bits per heavy atom. The van der Waals surface area contributed by atoms with E-state index in [-0.39, 0.29) is 0 Å². The lowest BCUT2D eigenvalue weighted by molar-refractivity contribution is -0.0595. The van der Waals surface area contributed by atoms with E-state index < -0.39 is 11.9 Å². The van der Waals surface area contributed by atoms with E-state index in [9.17, 15) is 13.2 Å². The number of halogens is 3. The van der Waals surface area contributed by atoms with Gasteiger partial charge >= 0.3 is 6.18 Å². The Kier molecular flexibility index (Phi) is 4.39. The molecular formula is C7H11F3N2. The van der Waals surface area contributed by atoms with Crippen molar-refractivity contribution in [1.29, 1.82) is 0 Å². The van der Waals surface area contributed by atoms with Crippen molar-refractivity contribution in [3.63, 3.8) is 0 Å². The zero-order chi connectivity index (χ0) is 9.61. The summed E-state index contributed by atoms with van der Waals surface area (Å²) in [5.74, 6) is 0. The van der Waals surface area contributed by atoms with Gasteiger partial charge in [0.15, 0.2) is 0 Å². The van der Waals surface area contributed by atoms with Crippen LogP contribution in [0.1, 0.15) is 20.3 Å². The summed E-state index contributed by atoms with van der Waals surface area (Å²) < 4.78 is 35.3. The third kappa shape index (κ3) is 4.76. The fourth-order valence-electron chi connectivity index (χ4n) is 0.368. The molecule has 2 nitrogen and oxygen atoms in total. The summed E-state index contributed by atoms with van der Waals surface area (Å²) in [5, 5.41) is 3.09. The number of nitrogens with zero attached hydrogens (tertiary/aromatic N) is 1. The van der Waals surface area contributed by atoms with Gasteiger partial charge in [0.25, 0.3) is 0 Å². The summed E-state index contributed by atoms with van der Waals surface area (Å²) in [5.41, 5.74) is 1.29. The Labute approximate surface area is 69.2 Å². The van der Waals surface area contributed by atoms with E-state index in [0.717, 1.165) is 13.3 Å². The lowest BCUT2D eigenvalue weighted by atomic mass is 10.4. The van der Waals surface area contributed by atoms with E-state index in [4.69, 9.17) is 0 Å². The summed E-state index contributed by atoms with van der Waals surface area (Å²) >= 11 is 0. The van der Waals surface area contributed by atoms with Gasteiger partial charge in [0.2, 0.25) is 0 Å². The average molecular weight is 180 g/mol. The second-order valence-corrected chi connectivity index (χ2v) is 2.13. The second-order valence-electron chi connectivity index (χ2n) is 2.13. The van der Waals surface area contributed by atoms with Gasteiger partial charge in [-0.05, 0) is 13.3 Å². The molecule has 0 spiro atoms. The Hall–Kier alpha value is -1.00. The van der Waals surface area contributed by atoms with Gasteiger partial charge in [0.1, 0.15) is 5.71 Å². The second kappa shape index (κ2) is 4.79. The Bertz CT molecular complexity index is 182. The third-order valence-corrected chi connectivity index (χ3v) is 1.07. The van der Waals surface area contributed by atoms with E-state index in [1.807, 2.05) is 6.92 Å². The highest BCUT2D eigenvalue weighted by Crippen LogP contribution is 2.16. The highest BCUT2D eigenvalue weighted by molar-refractivity contribution is 5.87. The number of hydrogen-bond acceptors (Lipinski definition) is 2. The standard InChI is InChI=1S/C7H11F3N2/c1-3-4-5-11-12-6(2)7(8,9)10/h4-5,11H,3H2,1-2H3/b5-4+,12-6+. The molecule has 0 aliphatic rings. The number of hydrogen-bond donors (Lipinski definition) is 1. The molecular weight excluding hydrogens is 169 g/mol. The maximum absolute atomic E-state index is 11.8. The van der Waals surface area contributed by atoms with Gasteiger partial charge in [0.05, 0.1) is 0 Å². The lowest BCUT2D eigenvalue weighted by Crippen LogP contribution is -2.21. The van der Waals surface area contributed by atoms with E-state index in [1.165, 1.54) is 6.20 Å². The van der Waals surface area contributed by atoms with Crippen molar-refractivity contribution >= 4 is 5.71 Å². The monoisotopic (exact) mass is 180 g/mol. The number of hydrazone groups is 1. The number of allylic oxidation sites excluding steroid dienone is 1. The van der Waals surface area contributed by atoms with Crippen molar-refractivity contribution in [2.24, 2.45) is 5.10 Å². The molecule has 0 unspecified atom stereocenters. The highest BCUT2D eigenvalue weighted by Gasteiger charge is 2.31. The first-order valence-electron chi connectivity index (χ1n) is 3.50. The maximum Gasteiger partial charge on any atom is 0.430 e. The van der Waals surface area contributed by atoms with Crippen LogP contribution in [0.25, 0.3) is 0 Å². The third-order valence-electron chi connectivity index (χ3n) is 1.07. The quantitative estimate of drug-likeness (QED) is 0.523. The number of nitrogens with one attached hydrogen (secondary N) is 1. The molecule has 0 aromatic heterocycles. The molecule has 0 aliphatic heterocycles. The minimum atomic E-state index is -4.34. The van der Waals surface area contributed by atoms with Gasteiger partial charge < -0.3 is 0 Å². The van der Waals surface area contributed by atoms with Gasteiger partial charge in [-0.15, -0.1) is 0 Å². The molecule has 0 saturated carbocycles. The lowest BCUT2D eigenvalue weighted by Gasteiger charge is -2.03. The van der Waals surface area contributed by atoms with E-state index in [1.54, 1.807) is 6.08 Å². The van der Waals surface area contributed by atoms with Crippen molar-refractivity contribution in [3.8, 4) is 0 Å².